The molecule has 0 saturated carbocycles. The highest BCUT2D eigenvalue weighted by Gasteiger charge is 2.13. The summed E-state index contributed by atoms with van der Waals surface area (Å²) < 4.78 is 10.5. The maximum Gasteiger partial charge on any atom is 0.315 e. The number of anilines is 1. The van der Waals surface area contributed by atoms with Gasteiger partial charge in [-0.25, -0.2) is 0 Å². The van der Waals surface area contributed by atoms with E-state index in [9.17, 15) is 4.79 Å². The lowest BCUT2D eigenvalue weighted by Gasteiger charge is -2.06. The van der Waals surface area contributed by atoms with Crippen molar-refractivity contribution < 1.29 is 13.6 Å². The van der Waals surface area contributed by atoms with Crippen molar-refractivity contribution in [3.05, 3.63) is 29.5 Å². The summed E-state index contributed by atoms with van der Waals surface area (Å²) in [6.45, 7) is 2.08. The van der Waals surface area contributed by atoms with E-state index in [1.54, 1.807) is 33.2 Å². The standard InChI is InChI=1S/C11H14N4O3/c1-7-13-14-11(17-7)12-6-8-4-5-9(18-8)10(16)15(2)3/h4-5H,6H2,1-3H3,(H,12,14). The molecular weight excluding hydrogens is 236 g/mol. The summed E-state index contributed by atoms with van der Waals surface area (Å²) in [5.74, 6) is 1.24. The van der Waals surface area contributed by atoms with Crippen molar-refractivity contribution >= 4 is 11.9 Å². The summed E-state index contributed by atoms with van der Waals surface area (Å²) in [5.41, 5.74) is 0. The molecule has 0 aliphatic heterocycles. The highest BCUT2D eigenvalue weighted by Crippen LogP contribution is 2.12. The van der Waals surface area contributed by atoms with Crippen LogP contribution in [0.15, 0.2) is 21.0 Å². The Bertz CT molecular complexity index is 544. The molecule has 7 nitrogen and oxygen atoms in total. The smallest absolute Gasteiger partial charge is 0.315 e. The van der Waals surface area contributed by atoms with Crippen LogP contribution in [0.5, 0.6) is 0 Å². The highest BCUT2D eigenvalue weighted by molar-refractivity contribution is 5.91. The lowest BCUT2D eigenvalue weighted by atomic mass is 10.4. The predicted molar refractivity (Wildman–Crippen MR) is 63.1 cm³/mol. The predicted octanol–water partition coefficient (Wildman–Crippen LogP) is 1.28. The zero-order chi connectivity index (χ0) is 13.1. The molecule has 2 aromatic rings. The molecule has 1 amide bonds. The average molecular weight is 250 g/mol. The van der Waals surface area contributed by atoms with Gasteiger partial charge in [0.2, 0.25) is 5.89 Å². The van der Waals surface area contributed by atoms with Crippen LogP contribution in [0.1, 0.15) is 22.2 Å². The van der Waals surface area contributed by atoms with Gasteiger partial charge in [0.15, 0.2) is 5.76 Å². The third kappa shape index (κ3) is 2.68. The van der Waals surface area contributed by atoms with E-state index in [-0.39, 0.29) is 5.91 Å². The monoisotopic (exact) mass is 250 g/mol. The maximum atomic E-state index is 11.6. The van der Waals surface area contributed by atoms with Gasteiger partial charge in [-0.15, -0.1) is 5.10 Å². The molecule has 0 atom stereocenters. The zero-order valence-corrected chi connectivity index (χ0v) is 10.4. The van der Waals surface area contributed by atoms with Crippen LogP contribution in [-0.4, -0.2) is 35.1 Å². The van der Waals surface area contributed by atoms with Gasteiger partial charge in [0.25, 0.3) is 5.91 Å². The van der Waals surface area contributed by atoms with E-state index in [0.29, 0.717) is 30.0 Å². The minimum Gasteiger partial charge on any atom is -0.454 e. The number of nitrogens with one attached hydrogen (secondary N) is 1. The fraction of sp³-hybridized carbons (Fsp3) is 0.364. The van der Waals surface area contributed by atoms with Gasteiger partial charge >= 0.3 is 6.01 Å². The van der Waals surface area contributed by atoms with E-state index in [2.05, 4.69) is 15.5 Å². The molecule has 7 heteroatoms. The van der Waals surface area contributed by atoms with Crippen molar-refractivity contribution in [2.75, 3.05) is 19.4 Å². The van der Waals surface area contributed by atoms with E-state index < -0.39 is 0 Å². The van der Waals surface area contributed by atoms with E-state index in [1.165, 1.54) is 4.90 Å². The number of hydrogen-bond donors (Lipinski definition) is 1. The Labute approximate surface area is 104 Å². The molecule has 0 aliphatic carbocycles. The largest absolute Gasteiger partial charge is 0.454 e. The molecule has 1 N–H and O–H groups in total. The van der Waals surface area contributed by atoms with Crippen LogP contribution in [-0.2, 0) is 6.54 Å². The molecule has 0 radical (unpaired) electrons. The van der Waals surface area contributed by atoms with Crippen molar-refractivity contribution in [2.24, 2.45) is 0 Å². The molecule has 0 fully saturated rings. The summed E-state index contributed by atoms with van der Waals surface area (Å²) in [6.07, 6.45) is 0. The molecule has 2 heterocycles. The number of hydrogen-bond acceptors (Lipinski definition) is 6. The Morgan fingerprint density at radius 2 is 2.11 bits per heavy atom. The summed E-state index contributed by atoms with van der Waals surface area (Å²) in [6, 6.07) is 3.69. The SMILES string of the molecule is Cc1nnc(NCc2ccc(C(=O)N(C)C)o2)o1. The molecule has 0 unspecified atom stereocenters. The first kappa shape index (κ1) is 12.2. The first-order valence-electron chi connectivity index (χ1n) is 5.40. The van der Waals surface area contributed by atoms with Gasteiger partial charge in [-0.3, -0.25) is 4.79 Å². The molecule has 0 bridgehead atoms. The van der Waals surface area contributed by atoms with Gasteiger partial charge in [0.1, 0.15) is 5.76 Å². The summed E-state index contributed by atoms with van der Waals surface area (Å²) in [4.78, 5) is 13.1. The average Bonchev–Trinajstić information content (AvgIpc) is 2.94. The van der Waals surface area contributed by atoms with Crippen LogP contribution >= 0.6 is 0 Å². The normalized spacial score (nSPS) is 10.4. The lowest BCUT2D eigenvalue weighted by molar-refractivity contribution is 0.0795. The van der Waals surface area contributed by atoms with Crippen molar-refractivity contribution in [3.8, 4) is 0 Å². The Kier molecular flexibility index (Phi) is 3.31. The van der Waals surface area contributed by atoms with Gasteiger partial charge in [0.05, 0.1) is 6.54 Å². The van der Waals surface area contributed by atoms with E-state index in [1.807, 2.05) is 0 Å². The van der Waals surface area contributed by atoms with Gasteiger partial charge in [-0.1, -0.05) is 5.10 Å². The Morgan fingerprint density at radius 3 is 2.72 bits per heavy atom. The second-order valence-corrected chi connectivity index (χ2v) is 3.95. The van der Waals surface area contributed by atoms with E-state index >= 15 is 0 Å². The quantitative estimate of drug-likeness (QED) is 0.880. The topological polar surface area (TPSA) is 84.4 Å². The summed E-state index contributed by atoms with van der Waals surface area (Å²) in [5, 5.41) is 10.4. The Hall–Kier alpha value is -2.31. The van der Waals surface area contributed by atoms with Crippen molar-refractivity contribution in [1.29, 1.82) is 0 Å². The first-order valence-corrected chi connectivity index (χ1v) is 5.40. The van der Waals surface area contributed by atoms with Crippen molar-refractivity contribution in [3.63, 3.8) is 0 Å². The van der Waals surface area contributed by atoms with Crippen molar-refractivity contribution in [1.82, 2.24) is 15.1 Å². The molecule has 0 saturated heterocycles. The molecule has 2 aromatic heterocycles. The molecule has 2 rings (SSSR count). The van der Waals surface area contributed by atoms with Crippen LogP contribution in [0.4, 0.5) is 6.01 Å². The number of carbonyl (C=O) groups is 1. The van der Waals surface area contributed by atoms with Gasteiger partial charge < -0.3 is 19.1 Å². The lowest BCUT2D eigenvalue weighted by Crippen LogP contribution is -2.20. The van der Waals surface area contributed by atoms with E-state index in [0.717, 1.165) is 0 Å². The zero-order valence-electron chi connectivity index (χ0n) is 10.4. The number of aryl methyl sites for hydroxylation is 1. The van der Waals surface area contributed by atoms with Crippen LogP contribution in [0.25, 0.3) is 0 Å². The number of furan rings is 1. The number of amides is 1. The molecular formula is C11H14N4O3. The Morgan fingerprint density at radius 1 is 1.33 bits per heavy atom. The third-order valence-corrected chi connectivity index (χ3v) is 2.22. The number of nitrogens with zero attached hydrogens (tertiary/aromatic N) is 3. The second kappa shape index (κ2) is 4.91. The fourth-order valence-electron chi connectivity index (χ4n) is 1.34. The molecule has 96 valence electrons. The van der Waals surface area contributed by atoms with Gasteiger partial charge in [0, 0.05) is 21.0 Å². The summed E-state index contributed by atoms with van der Waals surface area (Å²) >= 11 is 0. The van der Waals surface area contributed by atoms with Crippen LogP contribution in [0.3, 0.4) is 0 Å². The minimum atomic E-state index is -0.171. The highest BCUT2D eigenvalue weighted by atomic mass is 16.4. The molecule has 0 aliphatic rings. The number of aromatic nitrogens is 2. The molecule has 0 spiro atoms. The maximum absolute atomic E-state index is 11.6. The minimum absolute atomic E-state index is 0.171. The third-order valence-electron chi connectivity index (χ3n) is 2.22. The van der Waals surface area contributed by atoms with Crippen LogP contribution in [0, 0.1) is 6.92 Å². The van der Waals surface area contributed by atoms with Crippen LogP contribution in [0.2, 0.25) is 0 Å². The van der Waals surface area contributed by atoms with Gasteiger partial charge in [-0.2, -0.15) is 0 Å². The molecule has 18 heavy (non-hydrogen) atoms. The summed E-state index contributed by atoms with van der Waals surface area (Å²) in [7, 11) is 3.34. The number of rotatable bonds is 4. The number of carbonyl (C=O) groups excluding carboxylic acids is 1. The van der Waals surface area contributed by atoms with Crippen LogP contribution < -0.4 is 5.32 Å². The Balaban J connectivity index is 1.97. The van der Waals surface area contributed by atoms with E-state index in [4.69, 9.17) is 8.83 Å². The van der Waals surface area contributed by atoms with Crippen molar-refractivity contribution in [2.45, 2.75) is 13.5 Å². The fourth-order valence-corrected chi connectivity index (χ4v) is 1.34. The first-order chi connectivity index (χ1) is 8.56. The van der Waals surface area contributed by atoms with Gasteiger partial charge in [-0.05, 0) is 12.1 Å². The second-order valence-electron chi connectivity index (χ2n) is 3.95. The molecule has 0 aromatic carbocycles.